The number of hydrogen-bond donors (Lipinski definition) is 1. The second kappa shape index (κ2) is 7.83. The fraction of sp³-hybridized carbons (Fsp3) is 0.929. The molecule has 2 fully saturated rings. The van der Waals surface area contributed by atoms with Gasteiger partial charge in [0, 0.05) is 25.2 Å². The summed E-state index contributed by atoms with van der Waals surface area (Å²) in [5, 5.41) is 0. The molecule has 120 valence electrons. The van der Waals surface area contributed by atoms with E-state index in [4.69, 9.17) is 5.73 Å². The molecule has 1 amide bonds. The minimum atomic E-state index is 0. The van der Waals surface area contributed by atoms with Gasteiger partial charge in [0.25, 0.3) is 0 Å². The molecule has 0 spiro atoms. The monoisotopic (exact) mass is 325 g/mol. The van der Waals surface area contributed by atoms with E-state index in [0.717, 1.165) is 19.5 Å². The molecule has 2 heterocycles. The van der Waals surface area contributed by atoms with Crippen molar-refractivity contribution in [3.63, 3.8) is 0 Å². The van der Waals surface area contributed by atoms with E-state index in [1.54, 1.807) is 0 Å². The summed E-state index contributed by atoms with van der Waals surface area (Å²) >= 11 is 0. The highest BCUT2D eigenvalue weighted by Crippen LogP contribution is 2.29. The molecule has 20 heavy (non-hydrogen) atoms. The maximum Gasteiger partial charge on any atom is 0.236 e. The van der Waals surface area contributed by atoms with Gasteiger partial charge in [0.05, 0.1) is 6.54 Å². The molecule has 0 radical (unpaired) electrons. The van der Waals surface area contributed by atoms with E-state index in [2.05, 4.69) is 25.7 Å². The van der Waals surface area contributed by atoms with Crippen molar-refractivity contribution in [3.8, 4) is 0 Å². The quantitative estimate of drug-likeness (QED) is 0.862. The van der Waals surface area contributed by atoms with Crippen molar-refractivity contribution in [1.29, 1.82) is 0 Å². The van der Waals surface area contributed by atoms with E-state index < -0.39 is 0 Å². The average Bonchev–Trinajstić information content (AvgIpc) is 2.88. The van der Waals surface area contributed by atoms with Crippen molar-refractivity contribution in [3.05, 3.63) is 0 Å². The van der Waals surface area contributed by atoms with Crippen molar-refractivity contribution >= 4 is 30.7 Å². The number of rotatable bonds is 3. The van der Waals surface area contributed by atoms with Crippen LogP contribution in [0.1, 0.15) is 40.0 Å². The number of amides is 1. The van der Waals surface area contributed by atoms with Gasteiger partial charge in [0.2, 0.25) is 5.91 Å². The first-order chi connectivity index (χ1) is 8.45. The summed E-state index contributed by atoms with van der Waals surface area (Å²) in [5.74, 6) is 0.285. The normalized spacial score (nSPS) is 33.7. The molecular weight excluding hydrogens is 297 g/mol. The van der Waals surface area contributed by atoms with Crippen LogP contribution in [0.3, 0.4) is 0 Å². The lowest BCUT2D eigenvalue weighted by Gasteiger charge is -2.28. The van der Waals surface area contributed by atoms with Crippen LogP contribution < -0.4 is 5.73 Å². The zero-order valence-electron chi connectivity index (χ0n) is 12.8. The maximum atomic E-state index is 12.3. The highest BCUT2D eigenvalue weighted by molar-refractivity contribution is 5.85. The van der Waals surface area contributed by atoms with Gasteiger partial charge in [0.1, 0.15) is 0 Å². The van der Waals surface area contributed by atoms with Crippen LogP contribution >= 0.6 is 24.8 Å². The summed E-state index contributed by atoms with van der Waals surface area (Å²) in [7, 11) is 0. The number of carbonyl (C=O) groups excluding carboxylic acids is 1. The number of likely N-dealkylation sites (tertiary alicyclic amines) is 2. The number of carbonyl (C=O) groups is 1. The van der Waals surface area contributed by atoms with E-state index in [0.29, 0.717) is 25.2 Å². The third kappa shape index (κ3) is 4.23. The third-order valence-electron chi connectivity index (χ3n) is 4.86. The Morgan fingerprint density at radius 2 is 1.80 bits per heavy atom. The summed E-state index contributed by atoms with van der Waals surface area (Å²) < 4.78 is 0. The van der Waals surface area contributed by atoms with Crippen LogP contribution in [0, 0.1) is 5.41 Å². The Hall–Kier alpha value is -0.0300. The molecule has 2 N–H and O–H groups in total. The highest BCUT2D eigenvalue weighted by Gasteiger charge is 2.36. The first kappa shape index (κ1) is 20.0. The van der Waals surface area contributed by atoms with Gasteiger partial charge in [-0.1, -0.05) is 6.92 Å². The van der Waals surface area contributed by atoms with Crippen LogP contribution in [0.4, 0.5) is 0 Å². The molecule has 2 rings (SSSR count). The number of nitrogens with two attached hydrogens (primary N) is 1. The molecule has 0 aromatic heterocycles. The zero-order valence-corrected chi connectivity index (χ0v) is 14.4. The predicted octanol–water partition coefficient (Wildman–Crippen LogP) is 1.90. The Bertz CT molecular complexity index is 320. The van der Waals surface area contributed by atoms with Gasteiger partial charge >= 0.3 is 0 Å². The fourth-order valence-electron chi connectivity index (χ4n) is 3.22. The van der Waals surface area contributed by atoms with Crippen LogP contribution in [0.5, 0.6) is 0 Å². The van der Waals surface area contributed by atoms with E-state index in [1.807, 2.05) is 4.90 Å². The molecule has 3 unspecified atom stereocenters. The Balaban J connectivity index is 0.00000180. The Labute approximate surface area is 135 Å². The van der Waals surface area contributed by atoms with Gasteiger partial charge in [-0.25, -0.2) is 0 Å². The maximum absolute atomic E-state index is 12.3. The second-order valence-corrected chi connectivity index (χ2v) is 6.53. The summed E-state index contributed by atoms with van der Waals surface area (Å²) in [5.41, 5.74) is 5.93. The summed E-state index contributed by atoms with van der Waals surface area (Å²) in [6.07, 6.45) is 3.48. The van der Waals surface area contributed by atoms with Crippen molar-refractivity contribution in [1.82, 2.24) is 9.80 Å². The van der Waals surface area contributed by atoms with Crippen molar-refractivity contribution in [2.24, 2.45) is 11.1 Å². The van der Waals surface area contributed by atoms with E-state index in [9.17, 15) is 4.79 Å². The molecule has 0 saturated carbocycles. The van der Waals surface area contributed by atoms with Crippen LogP contribution in [-0.2, 0) is 4.79 Å². The lowest BCUT2D eigenvalue weighted by atomic mass is 9.90. The number of halogens is 2. The molecule has 2 saturated heterocycles. The summed E-state index contributed by atoms with van der Waals surface area (Å²) in [6, 6.07) is 1.10. The third-order valence-corrected chi connectivity index (χ3v) is 4.86. The number of hydrogen-bond acceptors (Lipinski definition) is 3. The topological polar surface area (TPSA) is 49.6 Å². The standard InChI is InChI=1S/C14H27N3O.2ClH/c1-11-4-5-12(2)17(11)8-13(18)16-7-6-14(3,9-15)10-16;;/h11-12H,4-10,15H2,1-3H3;2*1H. The van der Waals surface area contributed by atoms with Crippen LogP contribution in [0.2, 0.25) is 0 Å². The zero-order chi connectivity index (χ0) is 13.3. The average molecular weight is 326 g/mol. The van der Waals surface area contributed by atoms with Crippen molar-refractivity contribution in [2.75, 3.05) is 26.2 Å². The van der Waals surface area contributed by atoms with E-state index in [1.165, 1.54) is 12.8 Å². The van der Waals surface area contributed by atoms with Crippen LogP contribution in [0.15, 0.2) is 0 Å². The first-order valence-electron chi connectivity index (χ1n) is 7.19. The first-order valence-corrected chi connectivity index (χ1v) is 7.19. The van der Waals surface area contributed by atoms with Gasteiger partial charge in [0.15, 0.2) is 0 Å². The summed E-state index contributed by atoms with van der Waals surface area (Å²) in [6.45, 7) is 9.61. The largest absolute Gasteiger partial charge is 0.341 e. The van der Waals surface area contributed by atoms with Crippen molar-refractivity contribution in [2.45, 2.75) is 52.1 Å². The van der Waals surface area contributed by atoms with Gasteiger partial charge in [-0.05, 0) is 45.1 Å². The fourth-order valence-corrected chi connectivity index (χ4v) is 3.22. The highest BCUT2D eigenvalue weighted by atomic mass is 35.5. The van der Waals surface area contributed by atoms with Crippen LogP contribution in [0.25, 0.3) is 0 Å². The minimum absolute atomic E-state index is 0. The van der Waals surface area contributed by atoms with Gasteiger partial charge in [-0.3, -0.25) is 9.69 Å². The Morgan fingerprint density at radius 3 is 2.25 bits per heavy atom. The Morgan fingerprint density at radius 1 is 1.25 bits per heavy atom. The lowest BCUT2D eigenvalue weighted by Crippen LogP contribution is -2.44. The lowest BCUT2D eigenvalue weighted by molar-refractivity contribution is -0.132. The minimum Gasteiger partial charge on any atom is -0.341 e. The molecule has 3 atom stereocenters. The molecule has 2 aliphatic heterocycles. The molecule has 0 bridgehead atoms. The SMILES string of the molecule is CC1CCC(C)N1CC(=O)N1CCC(C)(CN)C1.Cl.Cl. The van der Waals surface area contributed by atoms with E-state index >= 15 is 0 Å². The molecule has 0 aromatic rings. The number of nitrogens with zero attached hydrogens (tertiary/aromatic N) is 2. The molecular formula is C14H29Cl2N3O. The smallest absolute Gasteiger partial charge is 0.236 e. The summed E-state index contributed by atoms with van der Waals surface area (Å²) in [4.78, 5) is 16.7. The van der Waals surface area contributed by atoms with E-state index in [-0.39, 0.29) is 36.1 Å². The molecule has 6 heteroatoms. The van der Waals surface area contributed by atoms with Crippen LogP contribution in [-0.4, -0.2) is 54.0 Å². The van der Waals surface area contributed by atoms with Gasteiger partial charge < -0.3 is 10.6 Å². The van der Waals surface area contributed by atoms with Gasteiger partial charge in [-0.15, -0.1) is 24.8 Å². The molecule has 2 aliphatic rings. The van der Waals surface area contributed by atoms with Gasteiger partial charge in [-0.2, -0.15) is 0 Å². The predicted molar refractivity (Wildman–Crippen MR) is 87.7 cm³/mol. The molecule has 0 aromatic carbocycles. The van der Waals surface area contributed by atoms with Crippen molar-refractivity contribution < 1.29 is 4.79 Å². The molecule has 0 aliphatic carbocycles. The Kier molecular flexibility index (Phi) is 7.82. The molecule has 4 nitrogen and oxygen atoms in total. The second-order valence-electron chi connectivity index (χ2n) is 6.53.